The number of rotatable bonds is 0. The van der Waals surface area contributed by atoms with E-state index in [0.29, 0.717) is 11.8 Å². The molecule has 0 radical (unpaired) electrons. The van der Waals surface area contributed by atoms with Gasteiger partial charge < -0.3 is 5.11 Å². The summed E-state index contributed by atoms with van der Waals surface area (Å²) in [6.45, 7) is 2.09. The SMILES string of the molecule is C[C@]12CC[C@H]3C(=C1C=CC2=O)C=CC1=CC(O)CC[C@@H]13. The van der Waals surface area contributed by atoms with Gasteiger partial charge in [-0.2, -0.15) is 0 Å². The Morgan fingerprint density at radius 2 is 1.95 bits per heavy atom. The van der Waals surface area contributed by atoms with Crippen molar-refractivity contribution in [3.8, 4) is 0 Å². The standard InChI is InChI=1S/C18H20O2/c1-18-9-8-14-13-5-3-12(19)10-11(13)2-4-15(14)16(18)6-7-17(18)20/h2,4,6-7,10,12-14,19H,3,5,8-9H2,1H3/t12?,13-,14+,18-/m0/s1. The highest BCUT2D eigenvalue weighted by molar-refractivity contribution is 6.02. The second-order valence-electron chi connectivity index (χ2n) is 6.80. The molecular weight excluding hydrogens is 248 g/mol. The van der Waals surface area contributed by atoms with Gasteiger partial charge in [0.25, 0.3) is 0 Å². The van der Waals surface area contributed by atoms with Gasteiger partial charge >= 0.3 is 0 Å². The second kappa shape index (κ2) is 4.05. The van der Waals surface area contributed by atoms with Gasteiger partial charge in [-0.25, -0.2) is 0 Å². The summed E-state index contributed by atoms with van der Waals surface area (Å²) in [5.74, 6) is 1.35. The van der Waals surface area contributed by atoms with Crippen LogP contribution in [0.5, 0.6) is 0 Å². The molecule has 0 bridgehead atoms. The number of fused-ring (bicyclic) bond motifs is 4. The molecule has 4 aliphatic carbocycles. The van der Waals surface area contributed by atoms with Gasteiger partial charge in [0.05, 0.1) is 11.5 Å². The van der Waals surface area contributed by atoms with Gasteiger partial charge in [0.1, 0.15) is 0 Å². The molecule has 1 unspecified atom stereocenters. The molecule has 0 saturated heterocycles. The topological polar surface area (TPSA) is 37.3 Å². The van der Waals surface area contributed by atoms with Gasteiger partial charge in [-0.3, -0.25) is 4.79 Å². The summed E-state index contributed by atoms with van der Waals surface area (Å²) in [5, 5.41) is 9.79. The van der Waals surface area contributed by atoms with E-state index in [1.165, 1.54) is 16.7 Å². The smallest absolute Gasteiger partial charge is 0.165 e. The molecule has 0 aliphatic heterocycles. The Morgan fingerprint density at radius 3 is 2.80 bits per heavy atom. The number of ketones is 1. The van der Waals surface area contributed by atoms with Gasteiger partial charge in [0.2, 0.25) is 0 Å². The summed E-state index contributed by atoms with van der Waals surface area (Å²) in [4.78, 5) is 12.1. The van der Waals surface area contributed by atoms with Crippen molar-refractivity contribution in [1.29, 1.82) is 0 Å². The maximum atomic E-state index is 12.1. The molecule has 4 atom stereocenters. The third-order valence-electron chi connectivity index (χ3n) is 5.73. The predicted octanol–water partition coefficient (Wildman–Crippen LogP) is 3.11. The molecule has 1 N–H and O–H groups in total. The van der Waals surface area contributed by atoms with Crippen LogP contribution in [0.1, 0.15) is 32.6 Å². The van der Waals surface area contributed by atoms with E-state index in [2.05, 4.69) is 19.1 Å². The molecular formula is C18H20O2. The summed E-state index contributed by atoms with van der Waals surface area (Å²) in [7, 11) is 0. The van der Waals surface area contributed by atoms with E-state index in [1.807, 2.05) is 12.2 Å². The van der Waals surface area contributed by atoms with Crippen molar-refractivity contribution in [1.82, 2.24) is 0 Å². The molecule has 0 aromatic heterocycles. The molecule has 2 heteroatoms. The average molecular weight is 268 g/mol. The van der Waals surface area contributed by atoms with E-state index < -0.39 is 0 Å². The van der Waals surface area contributed by atoms with E-state index in [1.54, 1.807) is 6.08 Å². The van der Waals surface area contributed by atoms with Crippen molar-refractivity contribution in [2.75, 3.05) is 0 Å². The molecule has 0 saturated carbocycles. The van der Waals surface area contributed by atoms with E-state index in [0.717, 1.165) is 25.7 Å². The van der Waals surface area contributed by atoms with Gasteiger partial charge in [-0.15, -0.1) is 0 Å². The Kier molecular flexibility index (Phi) is 2.50. The average Bonchev–Trinajstić information content (AvgIpc) is 2.74. The van der Waals surface area contributed by atoms with Crippen LogP contribution in [0.4, 0.5) is 0 Å². The first-order valence-corrected chi connectivity index (χ1v) is 7.64. The fourth-order valence-electron chi connectivity index (χ4n) is 4.51. The number of allylic oxidation sites excluding steroid dienone is 7. The van der Waals surface area contributed by atoms with Gasteiger partial charge in [-0.1, -0.05) is 24.3 Å². The summed E-state index contributed by atoms with van der Waals surface area (Å²) in [6, 6.07) is 0. The zero-order valence-electron chi connectivity index (χ0n) is 11.8. The number of aliphatic hydroxyl groups excluding tert-OH is 1. The number of aliphatic hydroxyl groups is 1. The zero-order chi connectivity index (χ0) is 13.9. The molecule has 0 amide bonds. The van der Waals surface area contributed by atoms with Crippen molar-refractivity contribution < 1.29 is 9.90 Å². The maximum absolute atomic E-state index is 12.1. The van der Waals surface area contributed by atoms with Crippen molar-refractivity contribution in [3.05, 3.63) is 47.1 Å². The Bertz CT molecular complexity index is 605. The lowest BCUT2D eigenvalue weighted by Crippen LogP contribution is -2.36. The van der Waals surface area contributed by atoms with Gasteiger partial charge in [-0.05, 0) is 67.2 Å². The molecule has 20 heavy (non-hydrogen) atoms. The van der Waals surface area contributed by atoms with Crippen molar-refractivity contribution >= 4 is 5.78 Å². The Hall–Kier alpha value is -1.41. The fraction of sp³-hybridized carbons (Fsp3) is 0.500. The third-order valence-corrected chi connectivity index (χ3v) is 5.73. The van der Waals surface area contributed by atoms with Crippen LogP contribution in [0.15, 0.2) is 47.1 Å². The van der Waals surface area contributed by atoms with E-state index >= 15 is 0 Å². The molecule has 4 aliphatic rings. The van der Waals surface area contributed by atoms with Crippen LogP contribution in [0.3, 0.4) is 0 Å². The Morgan fingerprint density at radius 1 is 1.10 bits per heavy atom. The monoisotopic (exact) mass is 268 g/mol. The lowest BCUT2D eigenvalue weighted by Gasteiger charge is -2.43. The highest BCUT2D eigenvalue weighted by atomic mass is 16.3. The largest absolute Gasteiger partial charge is 0.389 e. The van der Waals surface area contributed by atoms with Gasteiger partial charge in [0, 0.05) is 0 Å². The number of carbonyl (C=O) groups excluding carboxylic acids is 1. The third kappa shape index (κ3) is 1.51. The van der Waals surface area contributed by atoms with E-state index in [9.17, 15) is 9.90 Å². The molecule has 0 aromatic rings. The molecule has 0 heterocycles. The second-order valence-corrected chi connectivity index (χ2v) is 6.80. The predicted molar refractivity (Wildman–Crippen MR) is 78.0 cm³/mol. The van der Waals surface area contributed by atoms with Crippen LogP contribution in [0.25, 0.3) is 0 Å². The first-order valence-electron chi connectivity index (χ1n) is 7.64. The lowest BCUT2D eigenvalue weighted by molar-refractivity contribution is -0.121. The van der Waals surface area contributed by atoms with Crippen LogP contribution in [0, 0.1) is 17.3 Å². The zero-order valence-corrected chi connectivity index (χ0v) is 11.8. The maximum Gasteiger partial charge on any atom is 0.165 e. The highest BCUT2D eigenvalue weighted by Crippen LogP contribution is 2.53. The molecule has 0 spiro atoms. The minimum absolute atomic E-state index is 0.271. The first kappa shape index (κ1) is 12.3. The number of carbonyl (C=O) groups is 1. The van der Waals surface area contributed by atoms with Crippen LogP contribution in [0.2, 0.25) is 0 Å². The summed E-state index contributed by atoms with van der Waals surface area (Å²) in [6.07, 6.45) is 13.9. The highest BCUT2D eigenvalue weighted by Gasteiger charge is 2.46. The van der Waals surface area contributed by atoms with E-state index in [4.69, 9.17) is 0 Å². The van der Waals surface area contributed by atoms with Crippen molar-refractivity contribution in [3.63, 3.8) is 0 Å². The van der Waals surface area contributed by atoms with Crippen LogP contribution in [-0.4, -0.2) is 17.0 Å². The van der Waals surface area contributed by atoms with Crippen molar-refractivity contribution in [2.24, 2.45) is 17.3 Å². The minimum atomic E-state index is -0.276. The normalized spacial score (nSPS) is 42.2. The number of hydrogen-bond acceptors (Lipinski definition) is 2. The molecule has 4 rings (SSSR count). The number of hydrogen-bond donors (Lipinski definition) is 1. The Labute approximate surface area is 119 Å². The molecule has 104 valence electrons. The summed E-state index contributed by atoms with van der Waals surface area (Å²) in [5.41, 5.74) is 3.65. The molecule has 0 fully saturated rings. The van der Waals surface area contributed by atoms with Crippen molar-refractivity contribution in [2.45, 2.75) is 38.7 Å². The molecule has 2 nitrogen and oxygen atoms in total. The minimum Gasteiger partial charge on any atom is -0.389 e. The van der Waals surface area contributed by atoms with E-state index in [-0.39, 0.29) is 17.3 Å². The summed E-state index contributed by atoms with van der Waals surface area (Å²) < 4.78 is 0. The quantitative estimate of drug-likeness (QED) is 0.733. The van der Waals surface area contributed by atoms with Gasteiger partial charge in [0.15, 0.2) is 5.78 Å². The fourth-order valence-corrected chi connectivity index (χ4v) is 4.51. The molecule has 0 aromatic carbocycles. The lowest BCUT2D eigenvalue weighted by atomic mass is 9.61. The van der Waals surface area contributed by atoms with Crippen LogP contribution in [-0.2, 0) is 4.79 Å². The van der Waals surface area contributed by atoms with Crippen LogP contribution < -0.4 is 0 Å². The van der Waals surface area contributed by atoms with Crippen LogP contribution >= 0.6 is 0 Å². The summed E-state index contributed by atoms with van der Waals surface area (Å²) >= 11 is 0. The first-order chi connectivity index (χ1) is 9.59. The Balaban J connectivity index is 1.84.